The molecule has 0 spiro atoms. The topological polar surface area (TPSA) is 37.8 Å². The number of H-pyrrole nitrogens is 1. The first-order valence-electron chi connectivity index (χ1n) is 7.10. The van der Waals surface area contributed by atoms with Crippen molar-refractivity contribution >= 4 is 23.1 Å². The molecule has 1 aliphatic rings. The summed E-state index contributed by atoms with van der Waals surface area (Å²) >= 11 is 5.38. The monoisotopic (exact) mass is 294 g/mol. The summed E-state index contributed by atoms with van der Waals surface area (Å²) < 4.78 is 2.03. The summed E-state index contributed by atoms with van der Waals surface area (Å²) in [5, 5.41) is 0.659. The minimum atomic E-state index is -0.0627. The zero-order valence-corrected chi connectivity index (χ0v) is 12.2. The van der Waals surface area contributed by atoms with Crippen molar-refractivity contribution in [3.8, 4) is 5.69 Å². The fraction of sp³-hybridized carbons (Fsp3) is 0.176. The maximum Gasteiger partial charge on any atom is 0.266 e. The van der Waals surface area contributed by atoms with Crippen LogP contribution in [0.5, 0.6) is 0 Å². The van der Waals surface area contributed by atoms with Crippen molar-refractivity contribution < 1.29 is 0 Å². The Kier molecular flexibility index (Phi) is 2.79. The normalized spacial score (nSPS) is 13.5. The highest BCUT2D eigenvalue weighted by molar-refractivity contribution is 7.71. The molecule has 0 unspecified atom stereocenters. The fourth-order valence-electron chi connectivity index (χ4n) is 3.09. The van der Waals surface area contributed by atoms with Gasteiger partial charge in [-0.05, 0) is 66.9 Å². The lowest BCUT2D eigenvalue weighted by atomic mass is 10.1. The third-order valence-electron chi connectivity index (χ3n) is 4.15. The highest BCUT2D eigenvalue weighted by Crippen LogP contribution is 2.24. The number of hydrogen-bond donors (Lipinski definition) is 1. The number of hydrogen-bond acceptors (Lipinski definition) is 2. The number of nitrogens with one attached hydrogen (secondary N) is 1. The number of fused-ring (bicyclic) bond motifs is 2. The molecule has 3 aromatic rings. The third kappa shape index (κ3) is 1.94. The molecule has 21 heavy (non-hydrogen) atoms. The number of para-hydroxylation sites is 1. The second-order valence-electron chi connectivity index (χ2n) is 5.42. The molecule has 0 aliphatic heterocycles. The first-order valence-corrected chi connectivity index (χ1v) is 7.51. The van der Waals surface area contributed by atoms with E-state index in [1.165, 1.54) is 17.5 Å². The number of rotatable bonds is 1. The quantitative estimate of drug-likeness (QED) is 0.697. The lowest BCUT2D eigenvalue weighted by Crippen LogP contribution is -2.20. The second-order valence-corrected chi connectivity index (χ2v) is 5.81. The van der Waals surface area contributed by atoms with Crippen LogP contribution in [-0.2, 0) is 12.8 Å². The number of aromatic nitrogens is 2. The van der Waals surface area contributed by atoms with Crippen molar-refractivity contribution in [3.05, 3.63) is 68.7 Å². The van der Waals surface area contributed by atoms with E-state index in [0.29, 0.717) is 10.2 Å². The van der Waals surface area contributed by atoms with Crippen molar-refractivity contribution in [1.29, 1.82) is 0 Å². The van der Waals surface area contributed by atoms with Gasteiger partial charge in [-0.2, -0.15) is 0 Å². The van der Waals surface area contributed by atoms with E-state index in [1.54, 1.807) is 4.57 Å². The van der Waals surface area contributed by atoms with Gasteiger partial charge in [-0.3, -0.25) is 9.36 Å². The van der Waals surface area contributed by atoms with E-state index in [0.717, 1.165) is 24.0 Å². The van der Waals surface area contributed by atoms with Crippen LogP contribution in [0.3, 0.4) is 0 Å². The molecular weight excluding hydrogens is 280 g/mol. The van der Waals surface area contributed by atoms with Crippen LogP contribution >= 0.6 is 12.2 Å². The van der Waals surface area contributed by atoms with E-state index in [4.69, 9.17) is 12.2 Å². The molecule has 0 bridgehead atoms. The van der Waals surface area contributed by atoms with Gasteiger partial charge >= 0.3 is 0 Å². The molecule has 0 saturated heterocycles. The van der Waals surface area contributed by atoms with E-state index in [1.807, 2.05) is 30.3 Å². The smallest absolute Gasteiger partial charge is 0.266 e. The van der Waals surface area contributed by atoms with Crippen molar-refractivity contribution in [2.45, 2.75) is 19.3 Å². The molecular formula is C17H14N2OS. The number of aromatic amines is 1. The van der Waals surface area contributed by atoms with Gasteiger partial charge in [0.15, 0.2) is 4.77 Å². The number of aryl methyl sites for hydroxylation is 2. The molecule has 0 fully saturated rings. The molecule has 1 aromatic heterocycles. The summed E-state index contributed by atoms with van der Waals surface area (Å²) in [6.45, 7) is 0. The Morgan fingerprint density at radius 1 is 1.05 bits per heavy atom. The van der Waals surface area contributed by atoms with E-state index >= 15 is 0 Å². The van der Waals surface area contributed by atoms with Crippen LogP contribution < -0.4 is 5.56 Å². The summed E-state index contributed by atoms with van der Waals surface area (Å²) in [5.41, 5.74) is 4.30. The van der Waals surface area contributed by atoms with Crippen LogP contribution in [0.4, 0.5) is 0 Å². The summed E-state index contributed by atoms with van der Waals surface area (Å²) in [7, 11) is 0. The highest BCUT2D eigenvalue weighted by Gasteiger charge is 2.13. The Bertz CT molecular complexity index is 968. The zero-order chi connectivity index (χ0) is 14.4. The van der Waals surface area contributed by atoms with Crippen LogP contribution in [-0.4, -0.2) is 9.55 Å². The first-order chi connectivity index (χ1) is 10.2. The maximum atomic E-state index is 12.7. The van der Waals surface area contributed by atoms with Crippen molar-refractivity contribution in [1.82, 2.24) is 9.55 Å². The standard InChI is InChI=1S/C17H14N2OS/c20-16-14-6-1-2-7-15(14)18-17(21)19(16)13-9-8-11-4-3-5-12(11)10-13/h1-2,6-10H,3-5H2,(H,18,21). The second kappa shape index (κ2) is 4.67. The molecule has 0 saturated carbocycles. The molecule has 0 radical (unpaired) electrons. The minimum absolute atomic E-state index is 0.0627. The molecule has 4 rings (SSSR count). The van der Waals surface area contributed by atoms with Crippen LogP contribution in [0.2, 0.25) is 0 Å². The predicted octanol–water partition coefficient (Wildman–Crippen LogP) is 3.54. The minimum Gasteiger partial charge on any atom is -0.331 e. The molecule has 0 amide bonds. The van der Waals surface area contributed by atoms with Gasteiger partial charge < -0.3 is 4.98 Å². The Labute approximate surface area is 126 Å². The average molecular weight is 294 g/mol. The Balaban J connectivity index is 2.03. The van der Waals surface area contributed by atoms with Gasteiger partial charge in [0.05, 0.1) is 16.6 Å². The summed E-state index contributed by atoms with van der Waals surface area (Å²) in [6, 6.07) is 13.7. The molecule has 104 valence electrons. The van der Waals surface area contributed by atoms with Gasteiger partial charge in [0, 0.05) is 0 Å². The van der Waals surface area contributed by atoms with E-state index in [9.17, 15) is 4.79 Å². The average Bonchev–Trinajstić information content (AvgIpc) is 2.95. The molecule has 1 aliphatic carbocycles. The Morgan fingerprint density at radius 2 is 1.86 bits per heavy atom. The highest BCUT2D eigenvalue weighted by atomic mass is 32.1. The predicted molar refractivity (Wildman–Crippen MR) is 86.8 cm³/mol. The van der Waals surface area contributed by atoms with E-state index in [2.05, 4.69) is 17.1 Å². The summed E-state index contributed by atoms with van der Waals surface area (Å²) in [6.07, 6.45) is 3.41. The van der Waals surface area contributed by atoms with Crippen LogP contribution in [0.1, 0.15) is 17.5 Å². The van der Waals surface area contributed by atoms with Crippen molar-refractivity contribution in [2.24, 2.45) is 0 Å². The van der Waals surface area contributed by atoms with E-state index < -0.39 is 0 Å². The van der Waals surface area contributed by atoms with Crippen LogP contribution in [0, 0.1) is 4.77 Å². The van der Waals surface area contributed by atoms with Crippen molar-refractivity contribution in [3.63, 3.8) is 0 Å². The molecule has 0 atom stereocenters. The van der Waals surface area contributed by atoms with E-state index in [-0.39, 0.29) is 5.56 Å². The Hall–Kier alpha value is -2.20. The van der Waals surface area contributed by atoms with Gasteiger partial charge in [0.25, 0.3) is 5.56 Å². The lowest BCUT2D eigenvalue weighted by molar-refractivity contribution is 0.909. The zero-order valence-electron chi connectivity index (χ0n) is 11.4. The largest absolute Gasteiger partial charge is 0.331 e. The van der Waals surface area contributed by atoms with Gasteiger partial charge in [-0.25, -0.2) is 0 Å². The van der Waals surface area contributed by atoms with Crippen LogP contribution in [0.25, 0.3) is 16.6 Å². The number of benzene rings is 2. The van der Waals surface area contributed by atoms with Crippen molar-refractivity contribution in [2.75, 3.05) is 0 Å². The molecule has 4 heteroatoms. The molecule has 1 heterocycles. The summed E-state index contributed by atoms with van der Waals surface area (Å²) in [5.74, 6) is 0. The van der Waals surface area contributed by atoms with Gasteiger partial charge in [-0.15, -0.1) is 0 Å². The fourth-order valence-corrected chi connectivity index (χ4v) is 3.39. The molecule has 1 N–H and O–H groups in total. The summed E-state index contributed by atoms with van der Waals surface area (Å²) in [4.78, 5) is 15.9. The van der Waals surface area contributed by atoms with Gasteiger partial charge in [0.2, 0.25) is 0 Å². The van der Waals surface area contributed by atoms with Gasteiger partial charge in [-0.1, -0.05) is 18.2 Å². The van der Waals surface area contributed by atoms with Crippen LogP contribution in [0.15, 0.2) is 47.3 Å². The van der Waals surface area contributed by atoms with Gasteiger partial charge in [0.1, 0.15) is 0 Å². The maximum absolute atomic E-state index is 12.7. The Morgan fingerprint density at radius 3 is 2.76 bits per heavy atom. The first kappa shape index (κ1) is 12.5. The molecule has 3 nitrogen and oxygen atoms in total. The molecule has 2 aromatic carbocycles. The lowest BCUT2D eigenvalue weighted by Gasteiger charge is -2.10. The number of nitrogens with zero attached hydrogens (tertiary/aromatic N) is 1. The third-order valence-corrected chi connectivity index (χ3v) is 4.43. The SMILES string of the molecule is O=c1c2ccccc2[nH]c(=S)n1-c1ccc2c(c1)CCC2.